The number of carbonyl (C=O) groups is 3. The highest BCUT2D eigenvalue weighted by molar-refractivity contribution is 8.00. The Morgan fingerprint density at radius 1 is 1.35 bits per heavy atom. The fourth-order valence-electron chi connectivity index (χ4n) is 3.05. The molecule has 1 saturated heterocycles. The highest BCUT2D eigenvalue weighted by atomic mass is 32.2. The van der Waals surface area contributed by atoms with Gasteiger partial charge in [0.25, 0.3) is 5.91 Å². The SMILES string of the molecule is CC1=C(C(=O)O)N2C(=O)C(NC(=O)Cc3ccc(CC#N)cc3)C2SC1. The molecule has 2 aliphatic heterocycles. The molecule has 0 aliphatic carbocycles. The molecule has 2 atom stereocenters. The summed E-state index contributed by atoms with van der Waals surface area (Å²) in [5, 5.41) is 20.3. The second-order valence-corrected chi connectivity index (χ2v) is 7.32. The average Bonchev–Trinajstić information content (AvgIpc) is 2.61. The van der Waals surface area contributed by atoms with Gasteiger partial charge in [0.05, 0.1) is 18.9 Å². The number of thioether (sulfide) groups is 1. The van der Waals surface area contributed by atoms with Crippen molar-refractivity contribution in [1.82, 2.24) is 10.2 Å². The van der Waals surface area contributed by atoms with Crippen LogP contribution in [0.15, 0.2) is 35.5 Å². The van der Waals surface area contributed by atoms with E-state index in [-0.39, 0.29) is 23.4 Å². The van der Waals surface area contributed by atoms with Gasteiger partial charge in [0.2, 0.25) is 5.91 Å². The number of hydrogen-bond acceptors (Lipinski definition) is 5. The first-order chi connectivity index (χ1) is 12.4. The number of rotatable bonds is 5. The zero-order valence-electron chi connectivity index (χ0n) is 14.1. The Labute approximate surface area is 154 Å². The van der Waals surface area contributed by atoms with E-state index in [0.717, 1.165) is 11.1 Å². The maximum absolute atomic E-state index is 12.3. The number of fused-ring (bicyclic) bond motifs is 1. The zero-order chi connectivity index (χ0) is 18.8. The number of carboxylic acid groups (broad SMARTS) is 1. The quantitative estimate of drug-likeness (QED) is 0.749. The number of nitrogens with zero attached hydrogens (tertiary/aromatic N) is 2. The molecule has 0 saturated carbocycles. The summed E-state index contributed by atoms with van der Waals surface area (Å²) in [5.74, 6) is -1.29. The zero-order valence-corrected chi connectivity index (χ0v) is 14.9. The molecule has 7 nitrogen and oxygen atoms in total. The predicted molar refractivity (Wildman–Crippen MR) is 94.8 cm³/mol. The van der Waals surface area contributed by atoms with Crippen molar-refractivity contribution in [2.75, 3.05) is 5.75 Å². The molecular weight excluding hydrogens is 354 g/mol. The molecule has 134 valence electrons. The monoisotopic (exact) mass is 371 g/mol. The fraction of sp³-hybridized carbons (Fsp3) is 0.333. The highest BCUT2D eigenvalue weighted by Crippen LogP contribution is 2.40. The summed E-state index contributed by atoms with van der Waals surface area (Å²) in [6.07, 6.45) is 0.436. The Morgan fingerprint density at radius 3 is 2.62 bits per heavy atom. The Kier molecular flexibility index (Phi) is 5.00. The van der Waals surface area contributed by atoms with Gasteiger partial charge >= 0.3 is 5.97 Å². The number of benzene rings is 1. The standard InChI is InChI=1S/C18H17N3O4S/c1-10-9-26-17-14(16(23)21(17)15(10)18(24)25)20-13(22)8-12-4-2-11(3-5-12)6-7-19/h2-5,14,17H,6,8-9H2,1H3,(H,20,22)(H,24,25). The molecule has 0 spiro atoms. The Hall–Kier alpha value is -2.79. The van der Waals surface area contributed by atoms with Gasteiger partial charge in [-0.1, -0.05) is 24.3 Å². The molecule has 0 radical (unpaired) electrons. The molecule has 0 aromatic heterocycles. The molecule has 2 unspecified atom stereocenters. The highest BCUT2D eigenvalue weighted by Gasteiger charge is 2.53. The maximum Gasteiger partial charge on any atom is 0.352 e. The Bertz CT molecular complexity index is 841. The van der Waals surface area contributed by atoms with Gasteiger partial charge in [-0.05, 0) is 23.6 Å². The minimum atomic E-state index is -1.12. The number of carbonyl (C=O) groups excluding carboxylic acids is 2. The van der Waals surface area contributed by atoms with Crippen molar-refractivity contribution in [2.24, 2.45) is 0 Å². The van der Waals surface area contributed by atoms with Crippen LogP contribution in [0.5, 0.6) is 0 Å². The maximum atomic E-state index is 12.3. The molecule has 3 rings (SSSR count). The summed E-state index contributed by atoms with van der Waals surface area (Å²) in [7, 11) is 0. The van der Waals surface area contributed by atoms with E-state index < -0.39 is 17.9 Å². The van der Waals surface area contributed by atoms with Gasteiger partial charge in [0, 0.05) is 5.75 Å². The van der Waals surface area contributed by atoms with E-state index in [2.05, 4.69) is 11.4 Å². The molecule has 26 heavy (non-hydrogen) atoms. The van der Waals surface area contributed by atoms with Gasteiger partial charge in [-0.3, -0.25) is 14.5 Å². The summed E-state index contributed by atoms with van der Waals surface area (Å²) in [6, 6.07) is 8.52. The van der Waals surface area contributed by atoms with Crippen molar-refractivity contribution in [3.8, 4) is 6.07 Å². The van der Waals surface area contributed by atoms with Crippen LogP contribution < -0.4 is 5.32 Å². The van der Waals surface area contributed by atoms with Crippen molar-refractivity contribution in [1.29, 1.82) is 5.26 Å². The molecule has 2 aliphatic rings. The van der Waals surface area contributed by atoms with Crippen LogP contribution in [0.3, 0.4) is 0 Å². The van der Waals surface area contributed by atoms with Gasteiger partial charge < -0.3 is 10.4 Å². The van der Waals surface area contributed by atoms with Crippen LogP contribution in [0.4, 0.5) is 0 Å². The van der Waals surface area contributed by atoms with Crippen molar-refractivity contribution >= 4 is 29.5 Å². The summed E-state index contributed by atoms with van der Waals surface area (Å²) in [5.41, 5.74) is 2.33. The summed E-state index contributed by atoms with van der Waals surface area (Å²) < 4.78 is 0. The van der Waals surface area contributed by atoms with E-state index in [4.69, 9.17) is 5.26 Å². The van der Waals surface area contributed by atoms with E-state index in [1.165, 1.54) is 16.7 Å². The molecule has 2 N–H and O–H groups in total. The largest absolute Gasteiger partial charge is 0.477 e. The smallest absolute Gasteiger partial charge is 0.352 e. The number of amides is 2. The molecule has 1 aromatic rings. The lowest BCUT2D eigenvalue weighted by atomic mass is 10.0. The third-order valence-corrected chi connectivity index (χ3v) is 5.77. The van der Waals surface area contributed by atoms with Crippen molar-refractivity contribution < 1.29 is 19.5 Å². The van der Waals surface area contributed by atoms with Gasteiger partial charge in [0.15, 0.2) is 0 Å². The Morgan fingerprint density at radius 2 is 2.00 bits per heavy atom. The molecule has 8 heteroatoms. The van der Waals surface area contributed by atoms with Crippen LogP contribution in [0.1, 0.15) is 18.1 Å². The van der Waals surface area contributed by atoms with Crippen LogP contribution in [0.25, 0.3) is 0 Å². The van der Waals surface area contributed by atoms with Gasteiger partial charge in [-0.15, -0.1) is 11.8 Å². The van der Waals surface area contributed by atoms with Gasteiger partial charge in [-0.25, -0.2) is 4.79 Å². The summed E-state index contributed by atoms with van der Waals surface area (Å²) >= 11 is 1.45. The molecule has 1 fully saturated rings. The number of aliphatic carboxylic acids is 1. The normalized spacial score (nSPS) is 21.5. The van der Waals surface area contributed by atoms with Crippen LogP contribution in [0.2, 0.25) is 0 Å². The van der Waals surface area contributed by atoms with E-state index in [1.807, 2.05) is 0 Å². The first-order valence-electron chi connectivity index (χ1n) is 8.04. The van der Waals surface area contributed by atoms with Crippen molar-refractivity contribution in [3.05, 3.63) is 46.7 Å². The second-order valence-electron chi connectivity index (χ2n) is 6.22. The summed E-state index contributed by atoms with van der Waals surface area (Å²) in [4.78, 5) is 37.2. The van der Waals surface area contributed by atoms with Gasteiger partial charge in [-0.2, -0.15) is 5.26 Å². The number of hydrogen-bond donors (Lipinski definition) is 2. The first-order valence-corrected chi connectivity index (χ1v) is 9.09. The number of β-lactam (4-membered cyclic amide) rings is 1. The third kappa shape index (κ3) is 3.30. The Balaban J connectivity index is 1.62. The lowest BCUT2D eigenvalue weighted by Gasteiger charge is -2.49. The molecule has 2 amide bonds. The van der Waals surface area contributed by atoms with Crippen LogP contribution >= 0.6 is 11.8 Å². The van der Waals surface area contributed by atoms with Crippen LogP contribution in [-0.4, -0.2) is 45.0 Å². The molecule has 1 aromatic carbocycles. The molecule has 0 bridgehead atoms. The number of carboxylic acids is 1. The molecular formula is C18H17N3O4S. The lowest BCUT2D eigenvalue weighted by molar-refractivity contribution is -0.150. The minimum Gasteiger partial charge on any atom is -0.477 e. The average molecular weight is 371 g/mol. The minimum absolute atomic E-state index is 0.0253. The fourth-order valence-corrected chi connectivity index (χ4v) is 4.34. The topological polar surface area (TPSA) is 110 Å². The van der Waals surface area contributed by atoms with Crippen molar-refractivity contribution in [2.45, 2.75) is 31.2 Å². The second kappa shape index (κ2) is 7.22. The van der Waals surface area contributed by atoms with Crippen molar-refractivity contribution in [3.63, 3.8) is 0 Å². The van der Waals surface area contributed by atoms with E-state index >= 15 is 0 Å². The summed E-state index contributed by atoms with van der Waals surface area (Å²) in [6.45, 7) is 1.70. The predicted octanol–water partition coefficient (Wildman–Crippen LogP) is 1.05. The van der Waals surface area contributed by atoms with E-state index in [0.29, 0.717) is 17.7 Å². The first kappa shape index (κ1) is 18.0. The lowest BCUT2D eigenvalue weighted by Crippen LogP contribution is -2.70. The van der Waals surface area contributed by atoms with Gasteiger partial charge in [0.1, 0.15) is 17.1 Å². The third-order valence-electron chi connectivity index (χ3n) is 4.35. The van der Waals surface area contributed by atoms with Crippen LogP contribution in [-0.2, 0) is 27.2 Å². The number of nitrogens with one attached hydrogen (secondary N) is 1. The van der Waals surface area contributed by atoms with Crippen LogP contribution in [0, 0.1) is 11.3 Å². The van der Waals surface area contributed by atoms with E-state index in [9.17, 15) is 19.5 Å². The van der Waals surface area contributed by atoms with E-state index in [1.54, 1.807) is 31.2 Å². The molecule has 2 heterocycles. The number of nitriles is 1.